The fourth-order valence-corrected chi connectivity index (χ4v) is 2.46. The van der Waals surface area contributed by atoms with Crippen LogP contribution in [0.4, 0.5) is 6.01 Å². The molecule has 0 fully saturated rings. The number of rotatable bonds is 7. The molecule has 11 heteroatoms. The monoisotopic (exact) mass is 347 g/mol. The van der Waals surface area contributed by atoms with Gasteiger partial charge in [0.25, 0.3) is 0 Å². The van der Waals surface area contributed by atoms with E-state index >= 15 is 0 Å². The summed E-state index contributed by atoms with van der Waals surface area (Å²) in [6.07, 6.45) is 0. The smallest absolute Gasteiger partial charge is 0.322 e. The maximum absolute atomic E-state index is 12.0. The highest BCUT2D eigenvalue weighted by atomic mass is 32.2. The molecule has 2 aromatic heterocycles. The lowest BCUT2D eigenvalue weighted by Crippen LogP contribution is -2.14. The van der Waals surface area contributed by atoms with E-state index < -0.39 is 0 Å². The first kappa shape index (κ1) is 16.1. The van der Waals surface area contributed by atoms with Crippen molar-refractivity contribution in [3.63, 3.8) is 0 Å². The van der Waals surface area contributed by atoms with E-state index in [4.69, 9.17) is 9.15 Å². The lowest BCUT2D eigenvalue weighted by atomic mass is 10.3. The molecule has 0 spiro atoms. The number of methoxy groups -OCH3 is 1. The first-order chi connectivity index (χ1) is 11.8. The molecule has 1 N–H and O–H groups in total. The summed E-state index contributed by atoms with van der Waals surface area (Å²) in [5.74, 6) is 0.0681. The molecule has 24 heavy (non-hydrogen) atoms. The van der Waals surface area contributed by atoms with Gasteiger partial charge in [-0.1, -0.05) is 35.1 Å². The topological polar surface area (TPSA) is 121 Å². The second-order valence-electron chi connectivity index (χ2n) is 4.48. The van der Waals surface area contributed by atoms with Crippen LogP contribution in [-0.2, 0) is 16.1 Å². The van der Waals surface area contributed by atoms with E-state index in [0.717, 1.165) is 5.69 Å². The van der Waals surface area contributed by atoms with E-state index in [1.54, 1.807) is 4.68 Å². The molecule has 0 aliphatic rings. The van der Waals surface area contributed by atoms with Crippen LogP contribution in [0, 0.1) is 0 Å². The van der Waals surface area contributed by atoms with E-state index in [0.29, 0.717) is 5.16 Å². The first-order valence-corrected chi connectivity index (χ1v) is 7.82. The number of ether oxygens (including phenoxy) is 1. The molecule has 3 rings (SSSR count). The standard InChI is InChI=1S/C13H13N7O3S/c1-22-7-11-15-16-12(23-11)14-10(21)8-24-13-17-18-19-20(13)9-5-3-2-4-6-9/h2-6H,7-8H2,1H3,(H,14,16,21). The van der Waals surface area contributed by atoms with Crippen molar-refractivity contribution in [3.05, 3.63) is 36.2 Å². The molecule has 3 aromatic rings. The van der Waals surface area contributed by atoms with Crippen LogP contribution in [0.2, 0.25) is 0 Å². The molecule has 0 aliphatic carbocycles. The van der Waals surface area contributed by atoms with Crippen LogP contribution in [0.25, 0.3) is 5.69 Å². The Morgan fingerprint density at radius 1 is 1.29 bits per heavy atom. The number of carbonyl (C=O) groups is 1. The minimum Gasteiger partial charge on any atom is -0.405 e. The molecule has 2 heterocycles. The van der Waals surface area contributed by atoms with E-state index in [1.165, 1.54) is 18.9 Å². The second kappa shape index (κ2) is 7.66. The van der Waals surface area contributed by atoms with E-state index in [9.17, 15) is 4.79 Å². The normalized spacial score (nSPS) is 10.7. The number of anilines is 1. The number of thioether (sulfide) groups is 1. The average molecular weight is 347 g/mol. The predicted molar refractivity (Wildman–Crippen MR) is 83.5 cm³/mol. The first-order valence-electron chi connectivity index (χ1n) is 6.84. The number of para-hydroxylation sites is 1. The van der Waals surface area contributed by atoms with Crippen molar-refractivity contribution in [2.75, 3.05) is 18.2 Å². The van der Waals surface area contributed by atoms with Gasteiger partial charge >= 0.3 is 6.01 Å². The van der Waals surface area contributed by atoms with Crippen LogP contribution in [0.5, 0.6) is 0 Å². The number of tetrazole rings is 1. The van der Waals surface area contributed by atoms with Gasteiger partial charge in [-0.15, -0.1) is 10.2 Å². The Bertz CT molecular complexity index is 805. The summed E-state index contributed by atoms with van der Waals surface area (Å²) in [5, 5.41) is 21.9. The van der Waals surface area contributed by atoms with Crippen LogP contribution >= 0.6 is 11.8 Å². The number of nitrogens with zero attached hydrogens (tertiary/aromatic N) is 6. The van der Waals surface area contributed by atoms with Crippen molar-refractivity contribution in [1.82, 2.24) is 30.4 Å². The minimum atomic E-state index is -0.310. The lowest BCUT2D eigenvalue weighted by molar-refractivity contribution is -0.113. The van der Waals surface area contributed by atoms with Crippen molar-refractivity contribution < 1.29 is 13.9 Å². The molecular formula is C13H13N7O3S. The maximum Gasteiger partial charge on any atom is 0.322 e. The number of nitrogens with one attached hydrogen (secondary N) is 1. The maximum atomic E-state index is 12.0. The van der Waals surface area contributed by atoms with Gasteiger partial charge in [0.05, 0.1) is 11.4 Å². The highest BCUT2D eigenvalue weighted by Gasteiger charge is 2.13. The molecule has 0 unspecified atom stereocenters. The van der Waals surface area contributed by atoms with Gasteiger partial charge in [-0.3, -0.25) is 10.1 Å². The number of benzene rings is 1. The van der Waals surface area contributed by atoms with Crippen LogP contribution in [0.1, 0.15) is 5.89 Å². The fraction of sp³-hybridized carbons (Fsp3) is 0.231. The Labute approximate surface area is 140 Å². The lowest BCUT2D eigenvalue weighted by Gasteiger charge is -2.03. The van der Waals surface area contributed by atoms with E-state index in [2.05, 4.69) is 31.0 Å². The van der Waals surface area contributed by atoms with Crippen LogP contribution in [-0.4, -0.2) is 49.2 Å². The van der Waals surface area contributed by atoms with Gasteiger partial charge < -0.3 is 9.15 Å². The summed E-state index contributed by atoms with van der Waals surface area (Å²) in [6, 6.07) is 9.43. The van der Waals surface area contributed by atoms with Crippen molar-refractivity contribution in [3.8, 4) is 5.69 Å². The minimum absolute atomic E-state index is 0.0234. The molecule has 0 saturated carbocycles. The summed E-state index contributed by atoms with van der Waals surface area (Å²) < 4.78 is 11.6. The third kappa shape index (κ3) is 3.94. The fourth-order valence-electron chi connectivity index (χ4n) is 1.77. The number of aromatic nitrogens is 6. The van der Waals surface area contributed by atoms with Gasteiger partial charge in [-0.2, -0.15) is 4.68 Å². The molecule has 0 aliphatic heterocycles. The third-order valence-corrected chi connectivity index (χ3v) is 3.67. The van der Waals surface area contributed by atoms with E-state index in [-0.39, 0.29) is 30.2 Å². The number of carbonyl (C=O) groups excluding carboxylic acids is 1. The second-order valence-corrected chi connectivity index (χ2v) is 5.42. The van der Waals surface area contributed by atoms with Gasteiger partial charge in [0.2, 0.25) is 17.0 Å². The van der Waals surface area contributed by atoms with Crippen molar-refractivity contribution in [1.29, 1.82) is 0 Å². The van der Waals surface area contributed by atoms with Crippen LogP contribution < -0.4 is 5.32 Å². The molecular weight excluding hydrogens is 334 g/mol. The predicted octanol–water partition coefficient (Wildman–Crippen LogP) is 0.922. The SMILES string of the molecule is COCc1nnc(NC(=O)CSc2nnnn2-c2ccccc2)o1. The molecule has 0 atom stereocenters. The molecule has 0 bridgehead atoms. The summed E-state index contributed by atoms with van der Waals surface area (Å²) in [7, 11) is 1.51. The zero-order valence-electron chi connectivity index (χ0n) is 12.6. The highest BCUT2D eigenvalue weighted by molar-refractivity contribution is 7.99. The molecule has 10 nitrogen and oxygen atoms in total. The Kier molecular flexibility index (Phi) is 5.13. The third-order valence-electron chi connectivity index (χ3n) is 2.76. The Hall–Kier alpha value is -2.79. The molecule has 124 valence electrons. The summed E-state index contributed by atoms with van der Waals surface area (Å²) in [5.41, 5.74) is 0.812. The van der Waals surface area contributed by atoms with Gasteiger partial charge in [0.15, 0.2) is 0 Å². The number of amides is 1. The number of hydrogen-bond donors (Lipinski definition) is 1. The summed E-state index contributed by atoms with van der Waals surface area (Å²) >= 11 is 1.19. The average Bonchev–Trinajstić information content (AvgIpc) is 3.23. The number of hydrogen-bond acceptors (Lipinski definition) is 9. The highest BCUT2D eigenvalue weighted by Crippen LogP contribution is 2.18. The van der Waals surface area contributed by atoms with Crippen molar-refractivity contribution in [2.24, 2.45) is 0 Å². The summed E-state index contributed by atoms with van der Waals surface area (Å²) in [4.78, 5) is 12.0. The van der Waals surface area contributed by atoms with E-state index in [1.807, 2.05) is 30.3 Å². The van der Waals surface area contributed by atoms with Crippen LogP contribution in [0.15, 0.2) is 39.9 Å². The quantitative estimate of drug-likeness (QED) is 0.622. The van der Waals surface area contributed by atoms with Gasteiger partial charge in [-0.25, -0.2) is 0 Å². The zero-order valence-corrected chi connectivity index (χ0v) is 13.4. The molecule has 1 aromatic carbocycles. The van der Waals surface area contributed by atoms with Gasteiger partial charge in [0.1, 0.15) is 6.61 Å². The Morgan fingerprint density at radius 3 is 2.92 bits per heavy atom. The zero-order chi connectivity index (χ0) is 16.8. The van der Waals surface area contributed by atoms with Gasteiger partial charge in [-0.05, 0) is 22.6 Å². The van der Waals surface area contributed by atoms with Crippen molar-refractivity contribution >= 4 is 23.7 Å². The Morgan fingerprint density at radius 2 is 2.12 bits per heavy atom. The molecule has 1 amide bonds. The van der Waals surface area contributed by atoms with Crippen LogP contribution in [0.3, 0.4) is 0 Å². The van der Waals surface area contributed by atoms with Crippen molar-refractivity contribution in [2.45, 2.75) is 11.8 Å². The Balaban J connectivity index is 1.58. The largest absolute Gasteiger partial charge is 0.405 e. The molecule has 0 radical (unpaired) electrons. The van der Waals surface area contributed by atoms with Gasteiger partial charge in [0, 0.05) is 7.11 Å². The molecule has 0 saturated heterocycles. The summed E-state index contributed by atoms with van der Waals surface area (Å²) in [6.45, 7) is 0.184.